The molecule has 1 fully saturated rings. The van der Waals surface area contributed by atoms with E-state index in [1.807, 2.05) is 0 Å². The van der Waals surface area contributed by atoms with Crippen molar-refractivity contribution in [2.45, 2.75) is 19.1 Å². The molecule has 1 aliphatic heterocycles. The molecule has 0 radical (unpaired) electrons. The van der Waals surface area contributed by atoms with Crippen molar-refractivity contribution in [3.8, 4) is 5.75 Å². The molecule has 0 saturated carbocycles. The molecule has 5 nitrogen and oxygen atoms in total. The molecule has 1 amide bonds. The number of halogens is 3. The molecule has 0 spiro atoms. The second-order valence-corrected chi connectivity index (χ2v) is 8.36. The Morgan fingerprint density at radius 3 is 2.36 bits per heavy atom. The summed E-state index contributed by atoms with van der Waals surface area (Å²) in [6.07, 6.45) is -4.54. The van der Waals surface area contributed by atoms with E-state index in [2.05, 4.69) is 0 Å². The van der Waals surface area contributed by atoms with Crippen LogP contribution in [0.3, 0.4) is 0 Å². The number of anilines is 1. The molecular formula is C24H18F3NO4S. The van der Waals surface area contributed by atoms with Crippen molar-refractivity contribution in [1.82, 2.24) is 0 Å². The average molecular weight is 473 g/mol. The summed E-state index contributed by atoms with van der Waals surface area (Å²) in [6.45, 7) is 1.80. The molecule has 1 unspecified atom stereocenters. The van der Waals surface area contributed by atoms with Gasteiger partial charge in [0.05, 0.1) is 18.2 Å². The predicted octanol–water partition coefficient (Wildman–Crippen LogP) is 5.71. The average Bonchev–Trinajstić information content (AvgIpc) is 3.33. The number of nitrogens with zero attached hydrogens (tertiary/aromatic N) is 1. The van der Waals surface area contributed by atoms with Crippen LogP contribution >= 0.6 is 11.3 Å². The third-order valence-electron chi connectivity index (χ3n) is 5.41. The first kappa shape index (κ1) is 22.6. The number of carbonyl (C=O) groups is 2. The summed E-state index contributed by atoms with van der Waals surface area (Å²) in [4.78, 5) is 27.9. The van der Waals surface area contributed by atoms with E-state index in [0.717, 1.165) is 34.7 Å². The van der Waals surface area contributed by atoms with Gasteiger partial charge in [-0.15, -0.1) is 11.3 Å². The number of ether oxygens (including phenoxy) is 1. The topological polar surface area (TPSA) is 66.8 Å². The van der Waals surface area contributed by atoms with Gasteiger partial charge in [0.25, 0.3) is 11.7 Å². The highest BCUT2D eigenvalue weighted by atomic mass is 32.1. The van der Waals surface area contributed by atoms with Crippen LogP contribution in [0.4, 0.5) is 18.9 Å². The Kier molecular flexibility index (Phi) is 5.75. The maximum atomic E-state index is 13.1. The van der Waals surface area contributed by atoms with Crippen LogP contribution < -0.4 is 9.64 Å². The van der Waals surface area contributed by atoms with Crippen LogP contribution in [0.5, 0.6) is 5.75 Å². The zero-order valence-electron chi connectivity index (χ0n) is 17.5. The standard InChI is InChI=1S/C24H18F3NO4S/c1-13-10-11-33-22(13)19-18(20(29)14-4-3-5-17(12-14)32-2)21(30)23(31)28(19)16-8-6-15(7-9-16)24(25,26)27/h3-12,19,29H,1-2H3/b20-18-. The van der Waals surface area contributed by atoms with Gasteiger partial charge in [0.15, 0.2) is 0 Å². The van der Waals surface area contributed by atoms with Crippen molar-refractivity contribution in [3.05, 3.63) is 87.1 Å². The monoisotopic (exact) mass is 473 g/mol. The van der Waals surface area contributed by atoms with Crippen LogP contribution in [0.15, 0.2) is 65.6 Å². The highest BCUT2D eigenvalue weighted by molar-refractivity contribution is 7.10. The molecule has 0 bridgehead atoms. The number of Topliss-reactive ketones (excluding diaryl/α,β-unsaturated/α-hetero) is 1. The van der Waals surface area contributed by atoms with Crippen LogP contribution in [0.2, 0.25) is 0 Å². The van der Waals surface area contributed by atoms with Gasteiger partial charge in [0.2, 0.25) is 0 Å². The molecule has 1 aliphatic rings. The minimum atomic E-state index is -4.54. The highest BCUT2D eigenvalue weighted by Gasteiger charge is 2.48. The minimum Gasteiger partial charge on any atom is -0.507 e. The molecule has 1 aromatic heterocycles. The van der Waals surface area contributed by atoms with Gasteiger partial charge >= 0.3 is 6.18 Å². The number of benzene rings is 2. The lowest BCUT2D eigenvalue weighted by atomic mass is 9.98. The zero-order chi connectivity index (χ0) is 23.9. The molecule has 1 atom stereocenters. The Morgan fingerprint density at radius 1 is 1.09 bits per heavy atom. The molecular weight excluding hydrogens is 455 g/mol. The lowest BCUT2D eigenvalue weighted by Gasteiger charge is -2.25. The SMILES string of the molecule is COc1cccc(/C(O)=C2/C(=O)C(=O)N(c3ccc(C(F)(F)F)cc3)C2c2sccc2C)c1. The summed E-state index contributed by atoms with van der Waals surface area (Å²) < 4.78 is 44.2. The Morgan fingerprint density at radius 2 is 1.79 bits per heavy atom. The lowest BCUT2D eigenvalue weighted by Crippen LogP contribution is -2.29. The number of ketones is 1. The summed E-state index contributed by atoms with van der Waals surface area (Å²) in [5, 5.41) is 12.9. The van der Waals surface area contributed by atoms with Gasteiger partial charge < -0.3 is 9.84 Å². The molecule has 3 aromatic rings. The molecule has 33 heavy (non-hydrogen) atoms. The van der Waals surface area contributed by atoms with Crippen molar-refractivity contribution in [2.75, 3.05) is 12.0 Å². The molecule has 2 aromatic carbocycles. The van der Waals surface area contributed by atoms with E-state index in [0.29, 0.717) is 10.6 Å². The second-order valence-electron chi connectivity index (χ2n) is 7.41. The van der Waals surface area contributed by atoms with Gasteiger partial charge in [0.1, 0.15) is 17.6 Å². The first-order chi connectivity index (χ1) is 15.6. The Balaban J connectivity index is 1.90. The number of methoxy groups -OCH3 is 1. The number of carbonyl (C=O) groups excluding carboxylic acids is 2. The Hall–Kier alpha value is -3.59. The molecule has 0 aliphatic carbocycles. The van der Waals surface area contributed by atoms with E-state index in [-0.39, 0.29) is 22.6 Å². The van der Waals surface area contributed by atoms with Crippen LogP contribution in [0.1, 0.15) is 27.6 Å². The van der Waals surface area contributed by atoms with Crippen LogP contribution in [-0.2, 0) is 15.8 Å². The van der Waals surface area contributed by atoms with Crippen molar-refractivity contribution < 1.29 is 32.6 Å². The predicted molar refractivity (Wildman–Crippen MR) is 118 cm³/mol. The first-order valence-corrected chi connectivity index (χ1v) is 10.7. The summed E-state index contributed by atoms with van der Waals surface area (Å²) in [5.74, 6) is -1.80. The van der Waals surface area contributed by atoms with Gasteiger partial charge in [-0.25, -0.2) is 0 Å². The maximum Gasteiger partial charge on any atom is 0.416 e. The van der Waals surface area contributed by atoms with E-state index < -0.39 is 29.5 Å². The van der Waals surface area contributed by atoms with Crippen LogP contribution in [-0.4, -0.2) is 23.9 Å². The molecule has 1 saturated heterocycles. The summed E-state index contributed by atoms with van der Waals surface area (Å²) >= 11 is 1.28. The van der Waals surface area contributed by atoms with Gasteiger partial charge in [0, 0.05) is 16.1 Å². The minimum absolute atomic E-state index is 0.118. The van der Waals surface area contributed by atoms with Crippen molar-refractivity contribution >= 4 is 34.5 Å². The van der Waals surface area contributed by atoms with Gasteiger partial charge in [-0.3, -0.25) is 14.5 Å². The van der Waals surface area contributed by atoms with Crippen molar-refractivity contribution in [1.29, 1.82) is 0 Å². The van der Waals surface area contributed by atoms with E-state index in [4.69, 9.17) is 4.74 Å². The van der Waals surface area contributed by atoms with Crippen molar-refractivity contribution in [3.63, 3.8) is 0 Å². The first-order valence-electron chi connectivity index (χ1n) is 9.80. The normalized spacial score (nSPS) is 18.1. The fraction of sp³-hybridized carbons (Fsp3) is 0.167. The molecule has 9 heteroatoms. The molecule has 2 heterocycles. The van der Waals surface area contributed by atoms with E-state index in [1.54, 1.807) is 36.6 Å². The third-order valence-corrected chi connectivity index (χ3v) is 6.48. The summed E-state index contributed by atoms with van der Waals surface area (Å²) in [5.41, 5.74) is 0.161. The summed E-state index contributed by atoms with van der Waals surface area (Å²) in [6, 6.07) is 11.2. The number of rotatable bonds is 4. The smallest absolute Gasteiger partial charge is 0.416 e. The quantitative estimate of drug-likeness (QED) is 0.299. The molecule has 1 N–H and O–H groups in total. The van der Waals surface area contributed by atoms with E-state index in [9.17, 15) is 27.9 Å². The highest BCUT2D eigenvalue weighted by Crippen LogP contribution is 2.45. The lowest BCUT2D eigenvalue weighted by molar-refractivity contribution is -0.137. The van der Waals surface area contributed by atoms with Gasteiger partial charge in [-0.2, -0.15) is 13.2 Å². The largest absolute Gasteiger partial charge is 0.507 e. The fourth-order valence-electron chi connectivity index (χ4n) is 3.75. The number of thiophene rings is 1. The zero-order valence-corrected chi connectivity index (χ0v) is 18.3. The number of hydrogen-bond acceptors (Lipinski definition) is 5. The Labute approximate surface area is 191 Å². The van der Waals surface area contributed by atoms with E-state index in [1.165, 1.54) is 24.5 Å². The number of aliphatic hydroxyl groups excluding tert-OH is 1. The third kappa shape index (κ3) is 4.00. The maximum absolute atomic E-state index is 13.1. The number of aryl methyl sites for hydroxylation is 1. The number of amides is 1. The molecule has 170 valence electrons. The second kappa shape index (κ2) is 8.40. The van der Waals surface area contributed by atoms with Crippen molar-refractivity contribution in [2.24, 2.45) is 0 Å². The number of alkyl halides is 3. The van der Waals surface area contributed by atoms with Crippen LogP contribution in [0.25, 0.3) is 5.76 Å². The fourth-order valence-corrected chi connectivity index (χ4v) is 4.77. The van der Waals surface area contributed by atoms with Crippen LogP contribution in [0, 0.1) is 6.92 Å². The number of aliphatic hydroxyl groups is 1. The van der Waals surface area contributed by atoms with E-state index >= 15 is 0 Å². The summed E-state index contributed by atoms with van der Waals surface area (Å²) in [7, 11) is 1.46. The van der Waals surface area contributed by atoms with Gasteiger partial charge in [-0.05, 0) is 60.3 Å². The van der Waals surface area contributed by atoms with Gasteiger partial charge in [-0.1, -0.05) is 12.1 Å². The Bertz CT molecular complexity index is 1260. The number of hydrogen-bond donors (Lipinski definition) is 1. The molecule has 4 rings (SSSR count).